The number of fused-ring (bicyclic) bond motifs is 1. The Hall–Kier alpha value is -1.35. The normalized spacial score (nSPS) is 18.2. The van der Waals surface area contributed by atoms with E-state index in [9.17, 15) is 4.79 Å². The first-order valence-electron chi connectivity index (χ1n) is 6.68. The predicted molar refractivity (Wildman–Crippen MR) is 73.5 cm³/mol. The molecule has 0 saturated heterocycles. The largest absolute Gasteiger partial charge is 0.344 e. The number of nitrogens with zero attached hydrogens (tertiary/aromatic N) is 1. The topological polar surface area (TPSA) is 32.3 Å². The molecule has 1 unspecified atom stereocenters. The Morgan fingerprint density at radius 2 is 2.11 bits per heavy atom. The Labute approximate surface area is 109 Å². The first-order valence-corrected chi connectivity index (χ1v) is 6.68. The molecule has 98 valence electrons. The van der Waals surface area contributed by atoms with Gasteiger partial charge in [-0.3, -0.25) is 4.79 Å². The summed E-state index contributed by atoms with van der Waals surface area (Å²) in [5.74, 6) is 0.460. The van der Waals surface area contributed by atoms with Crippen LogP contribution in [0.1, 0.15) is 17.5 Å². The number of carbonyl (C=O) groups excluding carboxylic acids is 1. The summed E-state index contributed by atoms with van der Waals surface area (Å²) >= 11 is 0. The summed E-state index contributed by atoms with van der Waals surface area (Å²) in [5.41, 5.74) is 2.77. The van der Waals surface area contributed by atoms with Crippen LogP contribution in [0.4, 0.5) is 0 Å². The van der Waals surface area contributed by atoms with Gasteiger partial charge in [-0.25, -0.2) is 0 Å². The van der Waals surface area contributed by atoms with Crippen molar-refractivity contribution < 1.29 is 4.79 Å². The van der Waals surface area contributed by atoms with Crippen LogP contribution in [-0.4, -0.2) is 38.0 Å². The van der Waals surface area contributed by atoms with E-state index >= 15 is 0 Å². The summed E-state index contributed by atoms with van der Waals surface area (Å²) < 4.78 is 0. The summed E-state index contributed by atoms with van der Waals surface area (Å²) in [6, 6.07) is 8.49. The molecule has 0 radical (unpaired) electrons. The van der Waals surface area contributed by atoms with E-state index in [4.69, 9.17) is 0 Å². The van der Waals surface area contributed by atoms with Crippen LogP contribution in [0.2, 0.25) is 0 Å². The van der Waals surface area contributed by atoms with Crippen LogP contribution in [0.25, 0.3) is 0 Å². The maximum atomic E-state index is 12.3. The lowest BCUT2D eigenvalue weighted by molar-refractivity contribution is -0.134. The van der Waals surface area contributed by atoms with Crippen molar-refractivity contribution in [3.05, 3.63) is 35.4 Å². The van der Waals surface area contributed by atoms with Crippen LogP contribution >= 0.6 is 0 Å². The predicted octanol–water partition coefficient (Wildman–Crippen LogP) is 1.47. The third kappa shape index (κ3) is 2.91. The standard InChI is InChI=1S/C15H22N2O/c1-16-9-10-17(2)15(18)14-8-7-12-5-3-4-6-13(12)11-14/h3-6,14,16H,7-11H2,1-2H3. The summed E-state index contributed by atoms with van der Waals surface area (Å²) in [5, 5.41) is 3.08. The summed E-state index contributed by atoms with van der Waals surface area (Å²) in [6.07, 6.45) is 2.92. The van der Waals surface area contributed by atoms with Gasteiger partial charge in [-0.15, -0.1) is 0 Å². The highest BCUT2D eigenvalue weighted by Gasteiger charge is 2.26. The zero-order chi connectivity index (χ0) is 13.0. The van der Waals surface area contributed by atoms with Crippen molar-refractivity contribution in [1.29, 1.82) is 0 Å². The third-order valence-corrected chi connectivity index (χ3v) is 3.77. The van der Waals surface area contributed by atoms with E-state index in [-0.39, 0.29) is 5.92 Å². The van der Waals surface area contributed by atoms with E-state index in [2.05, 4.69) is 29.6 Å². The highest BCUT2D eigenvalue weighted by molar-refractivity contribution is 5.79. The first-order chi connectivity index (χ1) is 8.72. The van der Waals surface area contributed by atoms with Gasteiger partial charge in [0.05, 0.1) is 0 Å². The fourth-order valence-electron chi connectivity index (χ4n) is 2.61. The lowest BCUT2D eigenvalue weighted by Gasteiger charge is -2.28. The van der Waals surface area contributed by atoms with Gasteiger partial charge in [-0.05, 0) is 37.4 Å². The van der Waals surface area contributed by atoms with Gasteiger partial charge < -0.3 is 10.2 Å². The van der Waals surface area contributed by atoms with Crippen molar-refractivity contribution in [2.45, 2.75) is 19.3 Å². The minimum atomic E-state index is 0.168. The zero-order valence-corrected chi connectivity index (χ0v) is 11.3. The SMILES string of the molecule is CNCCN(C)C(=O)C1CCc2ccccc2C1. The molecule has 1 N–H and O–H groups in total. The molecule has 1 amide bonds. The number of hydrogen-bond acceptors (Lipinski definition) is 2. The number of aryl methyl sites for hydroxylation is 1. The molecular weight excluding hydrogens is 224 g/mol. The van der Waals surface area contributed by atoms with E-state index in [1.807, 2.05) is 19.0 Å². The molecule has 0 heterocycles. The van der Waals surface area contributed by atoms with Crippen LogP contribution in [0.5, 0.6) is 0 Å². The van der Waals surface area contributed by atoms with Crippen LogP contribution in [-0.2, 0) is 17.6 Å². The minimum Gasteiger partial charge on any atom is -0.344 e. The maximum absolute atomic E-state index is 12.3. The molecule has 0 saturated carbocycles. The van der Waals surface area contributed by atoms with Gasteiger partial charge in [0.15, 0.2) is 0 Å². The summed E-state index contributed by atoms with van der Waals surface area (Å²) in [6.45, 7) is 1.64. The average molecular weight is 246 g/mol. The molecular formula is C15H22N2O. The van der Waals surface area contributed by atoms with Crippen molar-refractivity contribution in [1.82, 2.24) is 10.2 Å². The zero-order valence-electron chi connectivity index (χ0n) is 11.3. The van der Waals surface area contributed by atoms with E-state index < -0.39 is 0 Å². The van der Waals surface area contributed by atoms with Crippen molar-refractivity contribution in [3.63, 3.8) is 0 Å². The molecule has 1 atom stereocenters. The molecule has 3 heteroatoms. The number of hydrogen-bond donors (Lipinski definition) is 1. The van der Waals surface area contributed by atoms with Crippen molar-refractivity contribution in [2.75, 3.05) is 27.2 Å². The molecule has 0 aliphatic heterocycles. The number of nitrogens with one attached hydrogen (secondary N) is 1. The minimum absolute atomic E-state index is 0.168. The molecule has 1 aliphatic rings. The number of amides is 1. The summed E-state index contributed by atoms with van der Waals surface area (Å²) in [4.78, 5) is 14.2. The van der Waals surface area contributed by atoms with Gasteiger partial charge in [0.2, 0.25) is 5.91 Å². The highest BCUT2D eigenvalue weighted by atomic mass is 16.2. The van der Waals surface area contributed by atoms with Gasteiger partial charge in [0, 0.05) is 26.1 Å². The second-order valence-electron chi connectivity index (χ2n) is 5.07. The van der Waals surface area contributed by atoms with Crippen LogP contribution in [0.15, 0.2) is 24.3 Å². The maximum Gasteiger partial charge on any atom is 0.225 e. The molecule has 1 aliphatic carbocycles. The Morgan fingerprint density at radius 1 is 1.39 bits per heavy atom. The average Bonchev–Trinajstić information content (AvgIpc) is 2.43. The number of benzene rings is 1. The third-order valence-electron chi connectivity index (χ3n) is 3.77. The molecule has 2 rings (SSSR count). The fraction of sp³-hybridized carbons (Fsp3) is 0.533. The molecule has 0 aromatic heterocycles. The van der Waals surface area contributed by atoms with E-state index in [0.29, 0.717) is 5.91 Å². The van der Waals surface area contributed by atoms with Crippen LogP contribution in [0, 0.1) is 5.92 Å². The van der Waals surface area contributed by atoms with Gasteiger partial charge in [-0.2, -0.15) is 0 Å². The molecule has 1 aromatic rings. The highest BCUT2D eigenvalue weighted by Crippen LogP contribution is 2.26. The second-order valence-corrected chi connectivity index (χ2v) is 5.07. The van der Waals surface area contributed by atoms with Crippen molar-refractivity contribution in [3.8, 4) is 0 Å². The van der Waals surface area contributed by atoms with Crippen molar-refractivity contribution in [2.24, 2.45) is 5.92 Å². The van der Waals surface area contributed by atoms with Crippen molar-refractivity contribution >= 4 is 5.91 Å². The fourth-order valence-corrected chi connectivity index (χ4v) is 2.61. The quantitative estimate of drug-likeness (QED) is 0.872. The Kier molecular flexibility index (Phi) is 4.37. The second kappa shape index (κ2) is 6.01. The Morgan fingerprint density at radius 3 is 2.83 bits per heavy atom. The van der Waals surface area contributed by atoms with E-state index in [0.717, 1.165) is 32.4 Å². The van der Waals surface area contributed by atoms with Gasteiger partial charge in [0.1, 0.15) is 0 Å². The summed E-state index contributed by atoms with van der Waals surface area (Å²) in [7, 11) is 3.81. The number of carbonyl (C=O) groups is 1. The Balaban J connectivity index is 1.98. The number of likely N-dealkylation sites (N-methyl/N-ethyl adjacent to an activating group) is 2. The smallest absolute Gasteiger partial charge is 0.225 e. The molecule has 18 heavy (non-hydrogen) atoms. The molecule has 0 fully saturated rings. The molecule has 0 spiro atoms. The molecule has 1 aromatic carbocycles. The van der Waals surface area contributed by atoms with Crippen LogP contribution < -0.4 is 5.32 Å². The van der Waals surface area contributed by atoms with E-state index in [1.54, 1.807) is 0 Å². The van der Waals surface area contributed by atoms with Gasteiger partial charge in [-0.1, -0.05) is 24.3 Å². The first kappa shape index (κ1) is 13.1. The molecule has 0 bridgehead atoms. The lowest BCUT2D eigenvalue weighted by Crippen LogP contribution is -2.38. The monoisotopic (exact) mass is 246 g/mol. The Bertz CT molecular complexity index is 417. The molecule has 3 nitrogen and oxygen atoms in total. The van der Waals surface area contributed by atoms with Gasteiger partial charge >= 0.3 is 0 Å². The van der Waals surface area contributed by atoms with Crippen LogP contribution in [0.3, 0.4) is 0 Å². The number of rotatable bonds is 4. The lowest BCUT2D eigenvalue weighted by atomic mass is 9.83. The van der Waals surface area contributed by atoms with Gasteiger partial charge in [0.25, 0.3) is 0 Å². The van der Waals surface area contributed by atoms with E-state index in [1.165, 1.54) is 11.1 Å².